The van der Waals surface area contributed by atoms with Gasteiger partial charge < -0.3 is 29.9 Å². The van der Waals surface area contributed by atoms with E-state index in [0.29, 0.717) is 0 Å². The lowest BCUT2D eigenvalue weighted by Gasteiger charge is -2.47. The summed E-state index contributed by atoms with van der Waals surface area (Å²) in [6.45, 7) is 2.55. The summed E-state index contributed by atoms with van der Waals surface area (Å²) in [5.74, 6) is -10.9. The van der Waals surface area contributed by atoms with E-state index in [1.54, 1.807) is 0 Å². The minimum Gasteiger partial charge on any atom is -0.462 e. The van der Waals surface area contributed by atoms with Crippen LogP contribution in [0.25, 0.3) is 0 Å². The molecule has 0 aromatic carbocycles. The van der Waals surface area contributed by atoms with Crippen LogP contribution in [0.1, 0.15) is 92.9 Å². The molecule has 0 saturated heterocycles. The molecule has 0 amide bonds. The van der Waals surface area contributed by atoms with Crippen LogP contribution < -0.4 is 0 Å². The first-order valence-electron chi connectivity index (χ1n) is 16.8. The average molecular weight is 827 g/mol. The van der Waals surface area contributed by atoms with E-state index in [9.17, 15) is 91.1 Å². The van der Waals surface area contributed by atoms with E-state index in [4.69, 9.17) is 9.47 Å². The molecule has 10 unspecified atom stereocenters. The molecule has 0 spiro atoms. The van der Waals surface area contributed by atoms with Gasteiger partial charge >= 0.3 is 36.9 Å². The number of carbonyl (C=O) groups excluding carboxylic acids is 1. The van der Waals surface area contributed by atoms with Gasteiger partial charge in [-0.3, -0.25) is 4.79 Å². The highest BCUT2D eigenvalue weighted by Crippen LogP contribution is 2.54. The van der Waals surface area contributed by atoms with E-state index in [1.165, 1.54) is 0 Å². The van der Waals surface area contributed by atoms with Gasteiger partial charge in [-0.1, -0.05) is 6.92 Å². The highest BCUT2D eigenvalue weighted by atomic mass is 19.4. The summed E-state index contributed by atoms with van der Waals surface area (Å²) in [6.07, 6.45) is -42.1. The van der Waals surface area contributed by atoms with Gasteiger partial charge in [0.1, 0.15) is 6.10 Å². The second kappa shape index (κ2) is 15.2. The normalized spacial score (nSPS) is 31.6. The third kappa shape index (κ3) is 9.49. The first-order chi connectivity index (χ1) is 23.7. The number of hydrogen-bond donors (Lipinski definition) is 4. The van der Waals surface area contributed by atoms with E-state index in [2.05, 4.69) is 0 Å². The quantitative estimate of drug-likeness (QED) is 0.123. The summed E-state index contributed by atoms with van der Waals surface area (Å²) < 4.78 is 220. The van der Waals surface area contributed by atoms with E-state index in [0.717, 1.165) is 13.8 Å². The van der Waals surface area contributed by atoms with Crippen molar-refractivity contribution in [1.82, 2.24) is 0 Å². The molecule has 320 valence electrons. The van der Waals surface area contributed by atoms with E-state index in [-0.39, 0.29) is 27.7 Å². The Hall–Kier alpha value is -1.78. The van der Waals surface area contributed by atoms with Gasteiger partial charge in [-0.05, 0) is 97.8 Å². The third-order valence-electron chi connectivity index (χ3n) is 11.7. The molecule has 0 aromatic rings. The summed E-state index contributed by atoms with van der Waals surface area (Å²) in [5.41, 5.74) is -18.5. The summed E-state index contributed by atoms with van der Waals surface area (Å²) >= 11 is 0. The minimum absolute atomic E-state index is 0.189. The van der Waals surface area contributed by atoms with Gasteiger partial charge in [0.25, 0.3) is 0 Å². The van der Waals surface area contributed by atoms with Gasteiger partial charge in [0.05, 0.1) is 12.2 Å². The third-order valence-corrected chi connectivity index (χ3v) is 11.7. The van der Waals surface area contributed by atoms with Crippen LogP contribution in [-0.2, 0) is 14.3 Å². The molecule has 0 aliphatic heterocycles. The monoisotopic (exact) mass is 826 g/mol. The molecular formula is C32H45F15O7. The van der Waals surface area contributed by atoms with Gasteiger partial charge in [-0.25, -0.2) is 0 Å². The van der Waals surface area contributed by atoms with E-state index >= 15 is 0 Å². The average Bonchev–Trinajstić information content (AvgIpc) is 2.96. The zero-order valence-corrected chi connectivity index (χ0v) is 29.9. The fourth-order valence-electron chi connectivity index (χ4n) is 7.44. The van der Waals surface area contributed by atoms with Gasteiger partial charge in [0.2, 0.25) is 0 Å². The molecule has 2 fully saturated rings. The Morgan fingerprint density at radius 1 is 0.537 bits per heavy atom. The van der Waals surface area contributed by atoms with E-state index in [1.807, 2.05) is 0 Å². The summed E-state index contributed by atoms with van der Waals surface area (Å²) in [4.78, 5) is 13.4. The lowest BCUT2D eigenvalue weighted by molar-refractivity contribution is -0.302. The summed E-state index contributed by atoms with van der Waals surface area (Å²) in [5, 5.41) is 41.1. The first kappa shape index (κ1) is 48.4. The lowest BCUT2D eigenvalue weighted by atomic mass is 9.67. The molecule has 7 nitrogen and oxygen atoms in total. The maximum absolute atomic E-state index is 14.8. The van der Waals surface area contributed by atoms with Crippen LogP contribution in [0.3, 0.4) is 0 Å². The number of halogens is 15. The first-order valence-corrected chi connectivity index (χ1v) is 16.8. The van der Waals surface area contributed by atoms with Crippen molar-refractivity contribution >= 4 is 5.97 Å². The predicted molar refractivity (Wildman–Crippen MR) is 156 cm³/mol. The molecule has 0 aromatic heterocycles. The number of carbonyl (C=O) groups is 1. The molecule has 54 heavy (non-hydrogen) atoms. The Balaban J connectivity index is 2.50. The highest BCUT2D eigenvalue weighted by Gasteiger charge is 2.65. The van der Waals surface area contributed by atoms with Crippen molar-refractivity contribution in [1.29, 1.82) is 0 Å². The van der Waals surface area contributed by atoms with Crippen LogP contribution in [-0.4, -0.2) is 98.0 Å². The van der Waals surface area contributed by atoms with Crippen molar-refractivity contribution in [2.24, 2.45) is 29.1 Å². The minimum atomic E-state index is -5.61. The molecule has 2 saturated carbocycles. The topological polar surface area (TPSA) is 116 Å². The molecule has 22 heteroatoms. The Kier molecular flexibility index (Phi) is 13.6. The number of esters is 1. The second-order valence-corrected chi connectivity index (χ2v) is 15.5. The fourth-order valence-corrected chi connectivity index (χ4v) is 7.44. The zero-order valence-electron chi connectivity index (χ0n) is 29.9. The Morgan fingerprint density at radius 3 is 1.06 bits per heavy atom. The van der Waals surface area contributed by atoms with Crippen LogP contribution >= 0.6 is 0 Å². The highest BCUT2D eigenvalue weighted by molar-refractivity contribution is 5.78. The number of hydrogen-bond acceptors (Lipinski definition) is 7. The smallest absolute Gasteiger partial charge is 0.417 e. The van der Waals surface area contributed by atoms with Gasteiger partial charge in [-0.2, -0.15) is 65.9 Å². The lowest BCUT2D eigenvalue weighted by Crippen LogP contribution is -2.58. The Bertz CT molecular complexity index is 1220. The molecule has 0 heterocycles. The molecule has 2 aliphatic carbocycles. The summed E-state index contributed by atoms with van der Waals surface area (Å²) in [7, 11) is 0. The molecule has 0 bridgehead atoms. The maximum atomic E-state index is 14.8. The molecule has 2 rings (SSSR count). The number of aliphatic hydroxyl groups is 4. The van der Waals surface area contributed by atoms with Gasteiger partial charge in [0, 0.05) is 11.8 Å². The van der Waals surface area contributed by atoms with Crippen LogP contribution in [0.5, 0.6) is 0 Å². The molecule has 4 N–H and O–H groups in total. The Labute approximate surface area is 300 Å². The molecule has 2 aliphatic rings. The van der Waals surface area contributed by atoms with Crippen molar-refractivity contribution in [3.63, 3.8) is 0 Å². The Morgan fingerprint density at radius 2 is 0.815 bits per heavy atom. The van der Waals surface area contributed by atoms with E-state index < -0.39 is 158 Å². The number of alkyl halides is 15. The van der Waals surface area contributed by atoms with Crippen molar-refractivity contribution in [3.8, 4) is 0 Å². The van der Waals surface area contributed by atoms with Crippen LogP contribution in [0, 0.1) is 29.1 Å². The van der Waals surface area contributed by atoms with Crippen molar-refractivity contribution < 1.29 is 101 Å². The maximum Gasteiger partial charge on any atom is 0.417 e. The van der Waals surface area contributed by atoms with Crippen LogP contribution in [0.15, 0.2) is 0 Å². The predicted octanol–water partition coefficient (Wildman–Crippen LogP) is 8.11. The van der Waals surface area contributed by atoms with Crippen LogP contribution in [0.4, 0.5) is 65.9 Å². The van der Waals surface area contributed by atoms with Gasteiger partial charge in [-0.15, -0.1) is 0 Å². The van der Waals surface area contributed by atoms with Gasteiger partial charge in [0.15, 0.2) is 27.8 Å². The molecule has 10 atom stereocenters. The number of ether oxygens (including phenoxy) is 2. The second-order valence-electron chi connectivity index (χ2n) is 15.5. The van der Waals surface area contributed by atoms with Crippen LogP contribution in [0.2, 0.25) is 0 Å². The largest absolute Gasteiger partial charge is 0.462 e. The zero-order chi connectivity index (χ0) is 42.7. The van der Waals surface area contributed by atoms with Crippen molar-refractivity contribution in [2.45, 2.75) is 165 Å². The van der Waals surface area contributed by atoms with Crippen molar-refractivity contribution in [2.75, 3.05) is 0 Å². The standard InChI is InChI=1S/C32H45F15O7/c1-7-27(32(45,46)47,22(48)54-21-12-18(25(5,51)30(39,40)41)9-19(13-21)26(6,52)31(42,43)44)14-15(2)53-20-10-16(23(3,49)28(33,34)35)8-17(11-20)24(4,50)29(36,37)38/h15-21,49-52H,7-14H2,1-6H3. The SMILES string of the molecule is CCC(CC(C)OC1CC(C(C)(O)C(F)(F)F)CC(C(C)(O)C(F)(F)F)C1)(C(=O)OC1CC(C(C)(O)C(F)(F)F)CC(C(C)(O)C(F)(F)F)C1)C(F)(F)F. The fraction of sp³-hybridized carbons (Fsp3) is 0.969. The summed E-state index contributed by atoms with van der Waals surface area (Å²) in [6, 6.07) is 0. The number of rotatable bonds is 11. The van der Waals surface area contributed by atoms with Crippen molar-refractivity contribution in [3.05, 3.63) is 0 Å². The molecule has 0 radical (unpaired) electrons. The molecular weight excluding hydrogens is 781 g/mol.